The molecule has 0 aromatic heterocycles. The Morgan fingerprint density at radius 3 is 2.19 bits per heavy atom. The maximum atomic E-state index is 10.1. The fourth-order valence-electron chi connectivity index (χ4n) is 2.22. The summed E-state index contributed by atoms with van der Waals surface area (Å²) in [6, 6.07) is 16.8. The summed E-state index contributed by atoms with van der Waals surface area (Å²) in [5.74, 6) is 0. The fraction of sp³-hybridized carbons (Fsp3) is 0.368. The first-order chi connectivity index (χ1) is 9.91. The van der Waals surface area contributed by atoms with E-state index in [1.165, 1.54) is 10.5 Å². The highest BCUT2D eigenvalue weighted by Gasteiger charge is 2.14. The lowest BCUT2D eigenvalue weighted by atomic mass is 9.87. The Morgan fingerprint density at radius 2 is 1.62 bits per heavy atom. The molecule has 0 amide bonds. The van der Waals surface area contributed by atoms with Crippen molar-refractivity contribution in [3.63, 3.8) is 0 Å². The van der Waals surface area contributed by atoms with Crippen LogP contribution < -0.4 is 0 Å². The lowest BCUT2D eigenvalue weighted by Crippen LogP contribution is -2.10. The van der Waals surface area contributed by atoms with Crippen LogP contribution in [0.1, 0.15) is 51.3 Å². The second kappa shape index (κ2) is 6.67. The van der Waals surface area contributed by atoms with Gasteiger partial charge in [0.05, 0.1) is 6.10 Å². The summed E-state index contributed by atoms with van der Waals surface area (Å²) in [4.78, 5) is 2.34. The van der Waals surface area contributed by atoms with E-state index in [2.05, 4.69) is 51.1 Å². The number of aliphatic hydroxyl groups excluding tert-OH is 1. The molecule has 2 rings (SSSR count). The lowest BCUT2D eigenvalue weighted by molar-refractivity contribution is 0.171. The quantitative estimate of drug-likeness (QED) is 0.795. The molecule has 2 heteroatoms. The third kappa shape index (κ3) is 4.12. The average Bonchev–Trinajstić information content (AvgIpc) is 2.46. The number of hydrogen-bond acceptors (Lipinski definition) is 2. The molecule has 2 aromatic rings. The molecule has 1 nitrogen and oxygen atoms in total. The Hall–Kier alpha value is -1.25. The van der Waals surface area contributed by atoms with E-state index >= 15 is 0 Å². The fourth-order valence-corrected chi connectivity index (χ4v) is 3.21. The summed E-state index contributed by atoms with van der Waals surface area (Å²) in [7, 11) is 0. The van der Waals surface area contributed by atoms with Gasteiger partial charge in [-0.05, 0) is 41.2 Å². The van der Waals surface area contributed by atoms with Gasteiger partial charge in [-0.1, -0.05) is 69.8 Å². The van der Waals surface area contributed by atoms with E-state index in [-0.39, 0.29) is 11.5 Å². The van der Waals surface area contributed by atoms with Gasteiger partial charge in [0.1, 0.15) is 0 Å². The summed E-state index contributed by atoms with van der Waals surface area (Å²) < 4.78 is 0. The largest absolute Gasteiger partial charge is 0.388 e. The first kappa shape index (κ1) is 16.1. The van der Waals surface area contributed by atoms with Crippen LogP contribution in [0, 0.1) is 0 Å². The molecule has 1 unspecified atom stereocenters. The molecule has 112 valence electrons. The smallest absolute Gasteiger partial charge is 0.0798 e. The van der Waals surface area contributed by atoms with Gasteiger partial charge < -0.3 is 5.11 Å². The van der Waals surface area contributed by atoms with Crippen molar-refractivity contribution in [2.75, 3.05) is 0 Å². The minimum atomic E-state index is -0.387. The maximum absolute atomic E-state index is 10.1. The molecule has 1 atom stereocenters. The molecule has 0 aliphatic rings. The van der Waals surface area contributed by atoms with Crippen LogP contribution in [-0.2, 0) is 5.41 Å². The number of aliphatic hydroxyl groups is 1. The van der Waals surface area contributed by atoms with Crippen LogP contribution in [0.5, 0.6) is 0 Å². The zero-order valence-electron chi connectivity index (χ0n) is 13.3. The van der Waals surface area contributed by atoms with E-state index in [1.54, 1.807) is 11.8 Å². The molecule has 21 heavy (non-hydrogen) atoms. The third-order valence-electron chi connectivity index (χ3n) is 3.61. The summed E-state index contributed by atoms with van der Waals surface area (Å²) >= 11 is 1.72. The van der Waals surface area contributed by atoms with Crippen LogP contribution in [0.25, 0.3) is 0 Å². The van der Waals surface area contributed by atoms with Gasteiger partial charge in [0.25, 0.3) is 0 Å². The van der Waals surface area contributed by atoms with Gasteiger partial charge in [0, 0.05) is 9.79 Å². The van der Waals surface area contributed by atoms with Crippen molar-refractivity contribution in [2.45, 2.75) is 55.4 Å². The predicted molar refractivity (Wildman–Crippen MR) is 91.0 cm³/mol. The molecular weight excluding hydrogens is 276 g/mol. The summed E-state index contributed by atoms with van der Waals surface area (Å²) in [5.41, 5.74) is 2.54. The normalized spacial score (nSPS) is 13.2. The Kier molecular flexibility index (Phi) is 5.13. The van der Waals surface area contributed by atoms with Crippen LogP contribution in [0.2, 0.25) is 0 Å². The molecule has 0 bridgehead atoms. The van der Waals surface area contributed by atoms with E-state index in [0.717, 1.165) is 16.9 Å². The predicted octanol–water partition coefficient (Wildman–Crippen LogP) is 5.58. The monoisotopic (exact) mass is 300 g/mol. The van der Waals surface area contributed by atoms with Crippen molar-refractivity contribution in [3.8, 4) is 0 Å². The lowest BCUT2D eigenvalue weighted by Gasteiger charge is -2.19. The van der Waals surface area contributed by atoms with Gasteiger partial charge in [0.2, 0.25) is 0 Å². The van der Waals surface area contributed by atoms with E-state index in [9.17, 15) is 5.11 Å². The summed E-state index contributed by atoms with van der Waals surface area (Å²) in [6.07, 6.45) is 0.350. The number of rotatable bonds is 4. The van der Waals surface area contributed by atoms with E-state index in [4.69, 9.17) is 0 Å². The van der Waals surface area contributed by atoms with Gasteiger partial charge >= 0.3 is 0 Å². The zero-order valence-corrected chi connectivity index (χ0v) is 14.1. The molecule has 2 aromatic carbocycles. The van der Waals surface area contributed by atoms with E-state index in [0.29, 0.717) is 0 Å². The molecular formula is C19H24OS. The van der Waals surface area contributed by atoms with E-state index in [1.807, 2.05) is 25.1 Å². The molecule has 0 fully saturated rings. The van der Waals surface area contributed by atoms with Crippen molar-refractivity contribution >= 4 is 11.8 Å². The maximum Gasteiger partial charge on any atom is 0.0798 e. The van der Waals surface area contributed by atoms with Crippen LogP contribution in [0.15, 0.2) is 58.3 Å². The molecule has 0 aliphatic carbocycles. The first-order valence-electron chi connectivity index (χ1n) is 7.47. The van der Waals surface area contributed by atoms with Crippen molar-refractivity contribution in [2.24, 2.45) is 0 Å². The standard InChI is InChI=1S/C19H24OS/c1-5-17(20)16-8-6-7-9-18(16)21-15-12-10-14(11-13-15)19(2,3)4/h6-13,17,20H,5H2,1-4H3. The van der Waals surface area contributed by atoms with Gasteiger partial charge in [-0.2, -0.15) is 0 Å². The molecule has 0 heterocycles. The van der Waals surface area contributed by atoms with Crippen molar-refractivity contribution < 1.29 is 5.11 Å². The highest BCUT2D eigenvalue weighted by Crippen LogP contribution is 2.35. The third-order valence-corrected chi connectivity index (χ3v) is 4.71. The highest BCUT2D eigenvalue weighted by molar-refractivity contribution is 7.99. The zero-order chi connectivity index (χ0) is 15.5. The first-order valence-corrected chi connectivity index (χ1v) is 8.29. The Morgan fingerprint density at radius 1 is 1.00 bits per heavy atom. The van der Waals surface area contributed by atoms with Crippen LogP contribution in [0.4, 0.5) is 0 Å². The Balaban J connectivity index is 2.23. The molecule has 1 N–H and O–H groups in total. The van der Waals surface area contributed by atoms with Crippen molar-refractivity contribution in [1.29, 1.82) is 0 Å². The molecule has 0 saturated heterocycles. The SMILES string of the molecule is CCC(O)c1ccccc1Sc1ccc(C(C)(C)C)cc1. The Bertz CT molecular complexity index is 581. The average molecular weight is 300 g/mol. The Labute approximate surface area is 132 Å². The van der Waals surface area contributed by atoms with Crippen molar-refractivity contribution in [3.05, 3.63) is 59.7 Å². The number of benzene rings is 2. The number of hydrogen-bond donors (Lipinski definition) is 1. The molecule has 0 aliphatic heterocycles. The topological polar surface area (TPSA) is 20.2 Å². The van der Waals surface area contributed by atoms with Crippen LogP contribution in [-0.4, -0.2) is 5.11 Å². The van der Waals surface area contributed by atoms with E-state index < -0.39 is 0 Å². The van der Waals surface area contributed by atoms with Crippen LogP contribution >= 0.6 is 11.8 Å². The van der Waals surface area contributed by atoms with Crippen LogP contribution in [0.3, 0.4) is 0 Å². The second-order valence-corrected chi connectivity index (χ2v) is 7.45. The van der Waals surface area contributed by atoms with Gasteiger partial charge in [-0.15, -0.1) is 0 Å². The van der Waals surface area contributed by atoms with Crippen molar-refractivity contribution in [1.82, 2.24) is 0 Å². The molecule has 0 saturated carbocycles. The summed E-state index contributed by atoms with van der Waals surface area (Å²) in [5, 5.41) is 10.1. The minimum Gasteiger partial charge on any atom is -0.388 e. The van der Waals surface area contributed by atoms with Gasteiger partial charge in [-0.25, -0.2) is 0 Å². The van der Waals surface area contributed by atoms with Gasteiger partial charge in [-0.3, -0.25) is 0 Å². The van der Waals surface area contributed by atoms with Gasteiger partial charge in [0.15, 0.2) is 0 Å². The minimum absolute atomic E-state index is 0.180. The highest BCUT2D eigenvalue weighted by atomic mass is 32.2. The summed E-state index contributed by atoms with van der Waals surface area (Å²) in [6.45, 7) is 8.68. The molecule has 0 spiro atoms. The molecule has 0 radical (unpaired) electrons. The second-order valence-electron chi connectivity index (χ2n) is 6.34.